The van der Waals surface area contributed by atoms with Gasteiger partial charge < -0.3 is 15.0 Å². The van der Waals surface area contributed by atoms with Crippen LogP contribution < -0.4 is 5.32 Å². The zero-order valence-electron chi connectivity index (χ0n) is 18.9. The molecular formula is C25H26F6N2OS. The minimum absolute atomic E-state index is 0.263. The molecule has 2 aromatic rings. The molecule has 0 bridgehead atoms. The molecular weight excluding hydrogens is 490 g/mol. The summed E-state index contributed by atoms with van der Waals surface area (Å²) < 4.78 is 89.5. The molecule has 4 rings (SSSR count). The fourth-order valence-corrected chi connectivity index (χ4v) is 5.15. The van der Waals surface area contributed by atoms with Crippen molar-refractivity contribution in [2.24, 2.45) is 0 Å². The second kappa shape index (κ2) is 10.7. The van der Waals surface area contributed by atoms with Crippen molar-refractivity contribution in [3.63, 3.8) is 0 Å². The second-order valence-electron chi connectivity index (χ2n) is 8.61. The first kappa shape index (κ1) is 25.8. The van der Waals surface area contributed by atoms with Gasteiger partial charge in [-0.3, -0.25) is 0 Å². The highest BCUT2D eigenvalue weighted by Crippen LogP contribution is 2.48. The molecule has 1 heterocycles. The summed E-state index contributed by atoms with van der Waals surface area (Å²) >= 11 is 0.693. The van der Waals surface area contributed by atoms with Crippen molar-refractivity contribution in [3.8, 4) is 0 Å². The Hall–Kier alpha value is -2.33. The summed E-state index contributed by atoms with van der Waals surface area (Å²) in [6.45, 7) is 2.17. The van der Waals surface area contributed by atoms with Gasteiger partial charge in [-0.15, -0.1) is 0 Å². The molecule has 0 amide bonds. The van der Waals surface area contributed by atoms with Crippen molar-refractivity contribution in [1.29, 1.82) is 0 Å². The number of nitrogens with one attached hydrogen (secondary N) is 1. The third kappa shape index (κ3) is 6.67. The Bertz CT molecular complexity index is 1040. The van der Waals surface area contributed by atoms with Crippen molar-refractivity contribution in [2.75, 3.05) is 31.6 Å². The fraction of sp³-hybridized carbons (Fsp3) is 0.440. The number of alkyl halides is 6. The molecule has 2 aliphatic rings. The van der Waals surface area contributed by atoms with Crippen LogP contribution in [0.3, 0.4) is 0 Å². The molecule has 1 N–H and O–H groups in total. The summed E-state index contributed by atoms with van der Waals surface area (Å²) in [6.07, 6.45) is -4.33. The minimum atomic E-state index is -5.17. The first-order valence-corrected chi connectivity index (χ1v) is 12.3. The van der Waals surface area contributed by atoms with Crippen LogP contribution in [0.25, 0.3) is 0 Å². The molecule has 0 spiro atoms. The molecule has 0 radical (unpaired) electrons. The highest BCUT2D eigenvalue weighted by molar-refractivity contribution is 7.99. The van der Waals surface area contributed by atoms with Crippen LogP contribution in [0.5, 0.6) is 0 Å². The summed E-state index contributed by atoms with van der Waals surface area (Å²) in [6, 6.07) is 9.39. The molecule has 3 nitrogen and oxygen atoms in total. The lowest BCUT2D eigenvalue weighted by molar-refractivity contribution is -0.164. The number of anilines is 1. The van der Waals surface area contributed by atoms with Gasteiger partial charge in [-0.05, 0) is 61.7 Å². The van der Waals surface area contributed by atoms with E-state index in [-0.39, 0.29) is 6.42 Å². The van der Waals surface area contributed by atoms with Crippen molar-refractivity contribution >= 4 is 17.4 Å². The Labute approximate surface area is 204 Å². The first-order valence-electron chi connectivity index (χ1n) is 11.4. The normalized spacial score (nSPS) is 17.6. The summed E-state index contributed by atoms with van der Waals surface area (Å²) in [7, 11) is 0. The molecule has 1 saturated heterocycles. The van der Waals surface area contributed by atoms with Crippen molar-refractivity contribution in [3.05, 3.63) is 65.4 Å². The molecule has 0 atom stereocenters. The smallest absolute Gasteiger partial charge is 0.382 e. The van der Waals surface area contributed by atoms with Gasteiger partial charge in [0.25, 0.3) is 0 Å². The number of rotatable bonds is 7. The fourth-order valence-electron chi connectivity index (χ4n) is 4.11. The van der Waals surface area contributed by atoms with Crippen molar-refractivity contribution < 1.29 is 31.1 Å². The van der Waals surface area contributed by atoms with Crippen LogP contribution in [0, 0.1) is 0 Å². The SMILES string of the molecule is FC(F)(F)c1c(CC=CN2CCOCC2)ccc(Sc2cccc(NC3CCC3)c2)c1C(F)(F)F. The second-order valence-corrected chi connectivity index (χ2v) is 9.72. The molecule has 0 unspecified atom stereocenters. The molecule has 1 saturated carbocycles. The summed E-state index contributed by atoms with van der Waals surface area (Å²) in [5.74, 6) is 0. The maximum absolute atomic E-state index is 14.1. The number of ether oxygens (including phenoxy) is 1. The molecule has 0 aromatic heterocycles. The van der Waals surface area contributed by atoms with Gasteiger partial charge >= 0.3 is 12.4 Å². The Morgan fingerprint density at radius 1 is 0.971 bits per heavy atom. The largest absolute Gasteiger partial charge is 0.418 e. The molecule has 1 aliphatic heterocycles. The van der Waals surface area contributed by atoms with Crippen molar-refractivity contribution in [1.82, 2.24) is 4.90 Å². The van der Waals surface area contributed by atoms with E-state index in [0.717, 1.165) is 37.1 Å². The molecule has 2 fully saturated rings. The number of halogens is 6. The molecule has 190 valence electrons. The molecule has 10 heteroatoms. The van der Waals surface area contributed by atoms with E-state index in [9.17, 15) is 26.3 Å². The van der Waals surface area contributed by atoms with Crippen LogP contribution >= 0.6 is 11.8 Å². The van der Waals surface area contributed by atoms with Gasteiger partial charge in [-0.1, -0.05) is 30.0 Å². The lowest BCUT2D eigenvalue weighted by Gasteiger charge is -2.27. The van der Waals surface area contributed by atoms with E-state index in [1.807, 2.05) is 4.90 Å². The van der Waals surface area contributed by atoms with Crippen LogP contribution in [0.1, 0.15) is 36.0 Å². The van der Waals surface area contributed by atoms with E-state index in [1.165, 1.54) is 6.08 Å². The number of morpholine rings is 1. The number of hydrogen-bond donors (Lipinski definition) is 1. The van der Waals surface area contributed by atoms with Gasteiger partial charge in [0.05, 0.1) is 24.3 Å². The van der Waals surface area contributed by atoms with E-state index < -0.39 is 33.9 Å². The van der Waals surface area contributed by atoms with E-state index in [4.69, 9.17) is 4.74 Å². The predicted octanol–water partition coefficient (Wildman–Crippen LogP) is 7.23. The highest BCUT2D eigenvalue weighted by Gasteiger charge is 2.46. The zero-order valence-corrected chi connectivity index (χ0v) is 19.7. The third-order valence-electron chi connectivity index (χ3n) is 6.06. The van der Waals surface area contributed by atoms with Gasteiger partial charge in [-0.2, -0.15) is 26.3 Å². The predicted molar refractivity (Wildman–Crippen MR) is 124 cm³/mol. The maximum atomic E-state index is 14.1. The number of benzene rings is 2. The Kier molecular flexibility index (Phi) is 7.90. The average Bonchev–Trinajstić information content (AvgIpc) is 2.76. The number of nitrogens with zero attached hydrogens (tertiary/aromatic N) is 1. The lowest BCUT2D eigenvalue weighted by Crippen LogP contribution is -2.32. The highest BCUT2D eigenvalue weighted by atomic mass is 32.2. The lowest BCUT2D eigenvalue weighted by atomic mass is 9.93. The van der Waals surface area contributed by atoms with Crippen LogP contribution in [0.15, 0.2) is 58.5 Å². The number of allylic oxidation sites excluding steroid dienone is 1. The topological polar surface area (TPSA) is 24.5 Å². The Morgan fingerprint density at radius 3 is 2.31 bits per heavy atom. The Morgan fingerprint density at radius 2 is 1.69 bits per heavy atom. The monoisotopic (exact) mass is 516 g/mol. The third-order valence-corrected chi connectivity index (χ3v) is 7.11. The quantitative estimate of drug-likeness (QED) is 0.393. The van der Waals surface area contributed by atoms with Gasteiger partial charge in [-0.25, -0.2) is 0 Å². The van der Waals surface area contributed by atoms with Crippen molar-refractivity contribution in [2.45, 2.75) is 53.9 Å². The van der Waals surface area contributed by atoms with Gasteiger partial charge in [0.2, 0.25) is 0 Å². The molecule has 35 heavy (non-hydrogen) atoms. The van der Waals surface area contributed by atoms with E-state index in [1.54, 1.807) is 30.5 Å². The number of hydrogen-bond acceptors (Lipinski definition) is 4. The summed E-state index contributed by atoms with van der Waals surface area (Å²) in [5, 5.41) is 3.31. The minimum Gasteiger partial charge on any atom is -0.382 e. The van der Waals surface area contributed by atoms with E-state index in [0.29, 0.717) is 49.0 Å². The Balaban J connectivity index is 1.64. The van der Waals surface area contributed by atoms with E-state index >= 15 is 0 Å². The molecule has 2 aromatic carbocycles. The van der Waals surface area contributed by atoms with Gasteiger partial charge in [0.15, 0.2) is 0 Å². The van der Waals surface area contributed by atoms with Gasteiger partial charge in [0.1, 0.15) is 0 Å². The van der Waals surface area contributed by atoms with Gasteiger partial charge in [0, 0.05) is 34.6 Å². The van der Waals surface area contributed by atoms with Crippen LogP contribution in [-0.2, 0) is 23.5 Å². The van der Waals surface area contributed by atoms with Crippen LogP contribution in [0.2, 0.25) is 0 Å². The zero-order chi connectivity index (χ0) is 25.1. The standard InChI is InChI=1S/C25H26F6N2OS/c26-24(27,28)22-17(4-3-11-33-12-14-34-15-13-33)9-10-21(23(22)25(29,30)31)35-20-8-2-7-19(16-20)32-18-5-1-6-18/h2-3,7-11,16,18,32H,1,4-6,12-15H2. The van der Waals surface area contributed by atoms with E-state index in [2.05, 4.69) is 5.32 Å². The summed E-state index contributed by atoms with van der Waals surface area (Å²) in [5.41, 5.74) is -2.91. The summed E-state index contributed by atoms with van der Waals surface area (Å²) in [4.78, 5) is 1.84. The first-order chi connectivity index (χ1) is 16.6. The van der Waals surface area contributed by atoms with Crippen LogP contribution in [-0.4, -0.2) is 37.2 Å². The maximum Gasteiger partial charge on any atom is 0.418 e. The molecule has 1 aliphatic carbocycles. The van der Waals surface area contributed by atoms with Crippen LogP contribution in [0.4, 0.5) is 32.0 Å². The average molecular weight is 517 g/mol.